The monoisotopic (exact) mass is 345 g/mol. The van der Waals surface area contributed by atoms with E-state index in [1.54, 1.807) is 0 Å². The molecule has 0 fully saturated rings. The van der Waals surface area contributed by atoms with Gasteiger partial charge >= 0.3 is 0 Å². The van der Waals surface area contributed by atoms with Gasteiger partial charge in [-0.2, -0.15) is 0 Å². The average molecular weight is 345 g/mol. The Hall–Kier alpha value is -2.21. The summed E-state index contributed by atoms with van der Waals surface area (Å²) in [5.74, 6) is -0.370. The molecule has 0 aliphatic carbocycles. The second-order valence-electron chi connectivity index (χ2n) is 5.58. The Bertz CT molecular complexity index is 703. The molecule has 6 heteroatoms. The number of carbonyl (C=O) groups excluding carboxylic acids is 2. The highest BCUT2D eigenvalue weighted by Crippen LogP contribution is 2.21. The second kappa shape index (κ2) is 8.06. The third-order valence-corrected chi connectivity index (χ3v) is 4.88. The van der Waals surface area contributed by atoms with E-state index in [1.807, 2.05) is 45.0 Å². The number of likely N-dealkylation sites (N-methyl/N-ethyl adjacent to an activating group) is 1. The fourth-order valence-electron chi connectivity index (χ4n) is 2.25. The number of rotatable bonds is 6. The number of aromatic nitrogens is 1. The van der Waals surface area contributed by atoms with E-state index in [9.17, 15) is 9.59 Å². The van der Waals surface area contributed by atoms with Crippen LogP contribution in [0, 0.1) is 13.8 Å². The largest absolute Gasteiger partial charge is 0.330 e. The van der Waals surface area contributed by atoms with E-state index in [-0.39, 0.29) is 18.4 Å². The summed E-state index contributed by atoms with van der Waals surface area (Å²) in [6.07, 6.45) is 0.932. The predicted octanol–water partition coefficient (Wildman–Crippen LogP) is 3.42. The summed E-state index contributed by atoms with van der Waals surface area (Å²) in [5.41, 5.74) is 2.69. The van der Waals surface area contributed by atoms with Crippen molar-refractivity contribution in [1.82, 2.24) is 9.88 Å². The molecular formula is C18H23N3O2S. The van der Waals surface area contributed by atoms with Gasteiger partial charge < -0.3 is 10.2 Å². The third kappa shape index (κ3) is 4.41. The molecule has 0 spiro atoms. The van der Waals surface area contributed by atoms with Crippen LogP contribution in [-0.4, -0.2) is 34.8 Å². The summed E-state index contributed by atoms with van der Waals surface area (Å²) in [7, 11) is 0. The lowest BCUT2D eigenvalue weighted by Crippen LogP contribution is -2.37. The zero-order valence-corrected chi connectivity index (χ0v) is 15.4. The highest BCUT2D eigenvalue weighted by atomic mass is 32.1. The highest BCUT2D eigenvalue weighted by Gasteiger charge is 2.18. The molecule has 1 N–H and O–H groups in total. The maximum atomic E-state index is 12.6. The van der Waals surface area contributed by atoms with E-state index in [2.05, 4.69) is 17.2 Å². The molecule has 1 heterocycles. The van der Waals surface area contributed by atoms with Gasteiger partial charge in [0.1, 0.15) is 6.54 Å². The van der Waals surface area contributed by atoms with Gasteiger partial charge in [-0.25, -0.2) is 4.98 Å². The quantitative estimate of drug-likeness (QED) is 0.872. The van der Waals surface area contributed by atoms with Gasteiger partial charge in [-0.05, 0) is 44.9 Å². The van der Waals surface area contributed by atoms with Crippen LogP contribution in [0.25, 0.3) is 0 Å². The molecule has 1 aromatic carbocycles. The zero-order chi connectivity index (χ0) is 17.7. The van der Waals surface area contributed by atoms with Gasteiger partial charge in [-0.3, -0.25) is 9.59 Å². The Balaban J connectivity index is 2.01. The molecule has 5 nitrogen and oxygen atoms in total. The number of carbonyl (C=O) groups is 2. The van der Waals surface area contributed by atoms with E-state index in [1.165, 1.54) is 21.8 Å². The molecule has 2 amide bonds. The number of hydrogen-bond donors (Lipinski definition) is 1. The molecule has 2 aromatic rings. The van der Waals surface area contributed by atoms with Gasteiger partial charge in [0.25, 0.3) is 5.91 Å². The van der Waals surface area contributed by atoms with Crippen LogP contribution in [0.15, 0.2) is 24.3 Å². The first-order chi connectivity index (χ1) is 11.4. The Morgan fingerprint density at radius 2 is 1.83 bits per heavy atom. The fraction of sp³-hybridized carbons (Fsp3) is 0.389. The Kier molecular flexibility index (Phi) is 6.09. The molecule has 0 aliphatic rings. The van der Waals surface area contributed by atoms with Gasteiger partial charge in [-0.15, -0.1) is 11.3 Å². The van der Waals surface area contributed by atoms with Gasteiger partial charge in [-0.1, -0.05) is 19.1 Å². The predicted molar refractivity (Wildman–Crippen MR) is 97.6 cm³/mol. The molecule has 128 valence electrons. The minimum atomic E-state index is -0.232. The van der Waals surface area contributed by atoms with Crippen LogP contribution in [0.5, 0.6) is 0 Å². The van der Waals surface area contributed by atoms with Crippen LogP contribution >= 0.6 is 11.3 Å². The van der Waals surface area contributed by atoms with Gasteiger partial charge in [0.05, 0.1) is 5.69 Å². The number of nitrogens with one attached hydrogen (secondary N) is 1. The number of nitrogens with zero attached hydrogens (tertiary/aromatic N) is 2. The molecule has 0 saturated carbocycles. The summed E-state index contributed by atoms with van der Waals surface area (Å²) in [5, 5.41) is 3.34. The summed E-state index contributed by atoms with van der Waals surface area (Å²) in [6.45, 7) is 8.29. The van der Waals surface area contributed by atoms with Crippen molar-refractivity contribution in [2.75, 3.05) is 18.4 Å². The molecule has 0 bridgehead atoms. The smallest absolute Gasteiger partial charge is 0.254 e. The molecule has 2 rings (SSSR count). The summed E-state index contributed by atoms with van der Waals surface area (Å²) in [4.78, 5) is 31.6. The molecule has 24 heavy (non-hydrogen) atoms. The van der Waals surface area contributed by atoms with Crippen molar-refractivity contribution in [2.24, 2.45) is 0 Å². The molecular weight excluding hydrogens is 322 g/mol. The number of hydrogen-bond acceptors (Lipinski definition) is 4. The SMILES string of the molecule is CCc1ccc(C(=O)N(CC)CC(=O)Nc2nc(C)c(C)s2)cc1. The number of aryl methyl sites for hydroxylation is 3. The lowest BCUT2D eigenvalue weighted by atomic mass is 10.1. The van der Waals surface area contributed by atoms with Crippen molar-refractivity contribution in [3.8, 4) is 0 Å². The lowest BCUT2D eigenvalue weighted by molar-refractivity contribution is -0.116. The zero-order valence-electron chi connectivity index (χ0n) is 14.5. The van der Waals surface area contributed by atoms with Gasteiger partial charge in [0, 0.05) is 17.0 Å². The Labute approximate surface area is 146 Å². The van der Waals surface area contributed by atoms with Crippen LogP contribution in [0.1, 0.15) is 40.3 Å². The number of amides is 2. The molecule has 0 unspecified atom stereocenters. The fourth-order valence-corrected chi connectivity index (χ4v) is 3.08. The van der Waals surface area contributed by atoms with Crippen molar-refractivity contribution >= 4 is 28.3 Å². The van der Waals surface area contributed by atoms with Crippen molar-refractivity contribution in [2.45, 2.75) is 34.1 Å². The third-order valence-electron chi connectivity index (χ3n) is 3.89. The average Bonchev–Trinajstić information content (AvgIpc) is 2.89. The number of anilines is 1. The topological polar surface area (TPSA) is 62.3 Å². The van der Waals surface area contributed by atoms with Crippen molar-refractivity contribution in [3.63, 3.8) is 0 Å². The molecule has 0 radical (unpaired) electrons. The Morgan fingerprint density at radius 3 is 2.33 bits per heavy atom. The van der Waals surface area contributed by atoms with E-state index in [0.717, 1.165) is 17.0 Å². The lowest BCUT2D eigenvalue weighted by Gasteiger charge is -2.20. The maximum absolute atomic E-state index is 12.6. The normalized spacial score (nSPS) is 10.5. The summed E-state index contributed by atoms with van der Waals surface area (Å²) >= 11 is 1.44. The second-order valence-corrected chi connectivity index (χ2v) is 6.78. The molecule has 0 atom stereocenters. The van der Waals surface area contributed by atoms with Crippen LogP contribution in [0.4, 0.5) is 5.13 Å². The number of benzene rings is 1. The highest BCUT2D eigenvalue weighted by molar-refractivity contribution is 7.15. The van der Waals surface area contributed by atoms with Crippen molar-refractivity contribution in [3.05, 3.63) is 46.0 Å². The first kappa shape index (κ1) is 18.1. The Morgan fingerprint density at radius 1 is 1.17 bits per heavy atom. The van der Waals surface area contributed by atoms with E-state index < -0.39 is 0 Å². The van der Waals surface area contributed by atoms with Gasteiger partial charge in [0.2, 0.25) is 5.91 Å². The van der Waals surface area contributed by atoms with E-state index in [4.69, 9.17) is 0 Å². The number of thiazole rings is 1. The minimum Gasteiger partial charge on any atom is -0.330 e. The first-order valence-corrected chi connectivity index (χ1v) is 8.88. The van der Waals surface area contributed by atoms with Crippen LogP contribution in [0.2, 0.25) is 0 Å². The first-order valence-electron chi connectivity index (χ1n) is 8.06. The summed E-state index contributed by atoms with van der Waals surface area (Å²) < 4.78 is 0. The van der Waals surface area contributed by atoms with Crippen LogP contribution in [0.3, 0.4) is 0 Å². The van der Waals surface area contributed by atoms with Crippen molar-refractivity contribution in [1.29, 1.82) is 0 Å². The van der Waals surface area contributed by atoms with E-state index in [0.29, 0.717) is 17.2 Å². The van der Waals surface area contributed by atoms with Crippen molar-refractivity contribution < 1.29 is 9.59 Å². The maximum Gasteiger partial charge on any atom is 0.254 e. The van der Waals surface area contributed by atoms with Gasteiger partial charge in [0.15, 0.2) is 5.13 Å². The van der Waals surface area contributed by atoms with Crippen LogP contribution in [-0.2, 0) is 11.2 Å². The molecule has 0 saturated heterocycles. The molecule has 0 aliphatic heterocycles. The minimum absolute atomic E-state index is 0.0164. The standard InChI is InChI=1S/C18H23N3O2S/c1-5-14-7-9-15(10-8-14)17(23)21(6-2)11-16(22)20-18-19-12(3)13(4)24-18/h7-10H,5-6,11H2,1-4H3,(H,19,20,22). The summed E-state index contributed by atoms with van der Waals surface area (Å²) in [6, 6.07) is 7.52. The van der Waals surface area contributed by atoms with Crippen LogP contribution < -0.4 is 5.32 Å². The van der Waals surface area contributed by atoms with E-state index >= 15 is 0 Å². The molecule has 1 aromatic heterocycles.